The molecule has 1 aliphatic heterocycles. The Morgan fingerprint density at radius 3 is 3.00 bits per heavy atom. The maximum absolute atomic E-state index is 11.2. The van der Waals surface area contributed by atoms with E-state index in [1.165, 1.54) is 0 Å². The van der Waals surface area contributed by atoms with E-state index < -0.39 is 0 Å². The second-order valence-electron chi connectivity index (χ2n) is 2.81. The maximum atomic E-state index is 11.2. The van der Waals surface area contributed by atoms with Gasteiger partial charge in [0.1, 0.15) is 6.10 Å². The molecule has 1 heterocycles. The number of allylic oxidation sites excluding steroid dienone is 1. The lowest BCUT2D eigenvalue weighted by molar-refractivity contribution is -0.132. The third-order valence-electron chi connectivity index (χ3n) is 1.88. The average Bonchev–Trinajstić information content (AvgIpc) is 2.07. The second kappa shape index (κ2) is 4.29. The number of ether oxygens (including phenoxy) is 1. The van der Waals surface area contributed by atoms with E-state index >= 15 is 0 Å². The first-order valence-corrected chi connectivity index (χ1v) is 4.10. The predicted molar refractivity (Wildman–Crippen MR) is 43.4 cm³/mol. The van der Waals surface area contributed by atoms with Crippen LogP contribution in [0, 0.1) is 0 Å². The zero-order chi connectivity index (χ0) is 8.10. The molecule has 62 valence electrons. The molecule has 1 saturated heterocycles. The third-order valence-corrected chi connectivity index (χ3v) is 1.88. The van der Waals surface area contributed by atoms with Crippen LogP contribution in [0.1, 0.15) is 25.7 Å². The lowest BCUT2D eigenvalue weighted by Crippen LogP contribution is -2.27. The minimum Gasteiger partial charge on any atom is -0.370 e. The topological polar surface area (TPSA) is 26.3 Å². The lowest BCUT2D eigenvalue weighted by Gasteiger charge is -2.20. The second-order valence-corrected chi connectivity index (χ2v) is 2.81. The van der Waals surface area contributed by atoms with Gasteiger partial charge in [-0.2, -0.15) is 0 Å². The number of hydrogen-bond donors (Lipinski definition) is 0. The van der Waals surface area contributed by atoms with Gasteiger partial charge in [0.25, 0.3) is 0 Å². The van der Waals surface area contributed by atoms with Crippen LogP contribution in [0.5, 0.6) is 0 Å². The molecule has 0 spiro atoms. The summed E-state index contributed by atoms with van der Waals surface area (Å²) in [7, 11) is 0. The minimum atomic E-state index is -0.137. The van der Waals surface area contributed by atoms with E-state index in [1.54, 1.807) is 6.08 Å². The van der Waals surface area contributed by atoms with Crippen molar-refractivity contribution in [2.24, 2.45) is 0 Å². The van der Waals surface area contributed by atoms with Crippen molar-refractivity contribution in [1.29, 1.82) is 0 Å². The molecule has 0 aromatic heterocycles. The van der Waals surface area contributed by atoms with Gasteiger partial charge in [0.15, 0.2) is 5.78 Å². The Labute approximate surface area is 67.2 Å². The number of rotatable bonds is 3. The molecule has 0 bridgehead atoms. The first-order valence-electron chi connectivity index (χ1n) is 4.10. The van der Waals surface area contributed by atoms with Gasteiger partial charge in [0.2, 0.25) is 0 Å². The molecule has 0 radical (unpaired) electrons. The van der Waals surface area contributed by atoms with Gasteiger partial charge in [-0.05, 0) is 19.3 Å². The monoisotopic (exact) mass is 154 g/mol. The molecule has 0 aromatic rings. The molecule has 0 aromatic carbocycles. The lowest BCUT2D eigenvalue weighted by atomic mass is 10.0. The van der Waals surface area contributed by atoms with Gasteiger partial charge in [0.05, 0.1) is 0 Å². The zero-order valence-electron chi connectivity index (χ0n) is 6.71. The minimum absolute atomic E-state index is 0.137. The fourth-order valence-corrected chi connectivity index (χ4v) is 1.27. The highest BCUT2D eigenvalue weighted by molar-refractivity contribution is 5.84. The van der Waals surface area contributed by atoms with Crippen molar-refractivity contribution in [2.75, 3.05) is 6.61 Å². The first kappa shape index (κ1) is 8.47. The van der Waals surface area contributed by atoms with Crippen LogP contribution in [0.25, 0.3) is 0 Å². The number of carbonyl (C=O) groups is 1. The molecule has 2 heteroatoms. The summed E-state index contributed by atoms with van der Waals surface area (Å²) in [4.78, 5) is 11.2. The van der Waals surface area contributed by atoms with E-state index in [-0.39, 0.29) is 11.9 Å². The first-order chi connectivity index (χ1) is 5.34. The quantitative estimate of drug-likeness (QED) is 0.578. The molecule has 1 rings (SSSR count). The van der Waals surface area contributed by atoms with Crippen LogP contribution in [0.15, 0.2) is 12.7 Å². The van der Waals surface area contributed by atoms with Crippen molar-refractivity contribution in [3.05, 3.63) is 12.7 Å². The molecule has 1 fully saturated rings. The Bertz CT molecular complexity index is 146. The SMILES string of the molecule is C=CCC(=O)C1CCCCO1. The molecule has 1 atom stereocenters. The molecular weight excluding hydrogens is 140 g/mol. The Kier molecular flexibility index (Phi) is 3.30. The molecule has 11 heavy (non-hydrogen) atoms. The zero-order valence-corrected chi connectivity index (χ0v) is 6.71. The molecule has 0 aliphatic carbocycles. The highest BCUT2D eigenvalue weighted by atomic mass is 16.5. The van der Waals surface area contributed by atoms with Crippen LogP contribution in [0.2, 0.25) is 0 Å². The summed E-state index contributed by atoms with van der Waals surface area (Å²) in [6.45, 7) is 4.26. The number of Topliss-reactive ketones (excluding diaryl/α,β-unsaturated/α-hetero) is 1. The Balaban J connectivity index is 2.32. The molecule has 0 saturated carbocycles. The highest BCUT2D eigenvalue weighted by Crippen LogP contribution is 2.14. The Hall–Kier alpha value is -0.630. The highest BCUT2D eigenvalue weighted by Gasteiger charge is 2.19. The molecule has 1 unspecified atom stereocenters. The van der Waals surface area contributed by atoms with Gasteiger partial charge in [-0.3, -0.25) is 4.79 Å². The third kappa shape index (κ3) is 2.46. The number of ketones is 1. The summed E-state index contributed by atoms with van der Waals surface area (Å²) in [5, 5.41) is 0. The van der Waals surface area contributed by atoms with E-state index in [9.17, 15) is 4.79 Å². The largest absolute Gasteiger partial charge is 0.370 e. The van der Waals surface area contributed by atoms with Crippen molar-refractivity contribution in [3.63, 3.8) is 0 Å². The normalized spacial score (nSPS) is 24.5. The van der Waals surface area contributed by atoms with E-state index in [0.717, 1.165) is 25.9 Å². The summed E-state index contributed by atoms with van der Waals surface area (Å²) < 4.78 is 5.29. The van der Waals surface area contributed by atoms with Crippen LogP contribution >= 0.6 is 0 Å². The molecule has 1 aliphatic rings. The van der Waals surface area contributed by atoms with Crippen molar-refractivity contribution in [2.45, 2.75) is 31.8 Å². The Morgan fingerprint density at radius 1 is 1.64 bits per heavy atom. The van der Waals surface area contributed by atoms with Gasteiger partial charge in [-0.25, -0.2) is 0 Å². The van der Waals surface area contributed by atoms with Crippen molar-refractivity contribution >= 4 is 5.78 Å². The van der Waals surface area contributed by atoms with Crippen LogP contribution in [-0.2, 0) is 9.53 Å². The van der Waals surface area contributed by atoms with E-state index in [0.29, 0.717) is 6.42 Å². The summed E-state index contributed by atoms with van der Waals surface area (Å²) in [5.41, 5.74) is 0. The maximum Gasteiger partial charge on any atom is 0.165 e. The van der Waals surface area contributed by atoms with Gasteiger partial charge in [0, 0.05) is 13.0 Å². The van der Waals surface area contributed by atoms with Crippen LogP contribution < -0.4 is 0 Å². The van der Waals surface area contributed by atoms with Gasteiger partial charge in [-0.15, -0.1) is 6.58 Å². The van der Waals surface area contributed by atoms with Crippen molar-refractivity contribution in [3.8, 4) is 0 Å². The summed E-state index contributed by atoms with van der Waals surface area (Å²) >= 11 is 0. The Morgan fingerprint density at radius 2 is 2.45 bits per heavy atom. The van der Waals surface area contributed by atoms with Crippen LogP contribution in [-0.4, -0.2) is 18.5 Å². The average molecular weight is 154 g/mol. The molecular formula is C9H14O2. The fourth-order valence-electron chi connectivity index (χ4n) is 1.27. The van der Waals surface area contributed by atoms with Crippen LogP contribution in [0.4, 0.5) is 0 Å². The summed E-state index contributed by atoms with van der Waals surface area (Å²) in [5.74, 6) is 0.180. The van der Waals surface area contributed by atoms with Crippen LogP contribution in [0.3, 0.4) is 0 Å². The summed E-state index contributed by atoms with van der Waals surface area (Å²) in [6.07, 6.45) is 5.06. The summed E-state index contributed by atoms with van der Waals surface area (Å²) in [6, 6.07) is 0. The molecule has 2 nitrogen and oxygen atoms in total. The smallest absolute Gasteiger partial charge is 0.165 e. The number of carbonyl (C=O) groups excluding carboxylic acids is 1. The van der Waals surface area contributed by atoms with E-state index in [4.69, 9.17) is 4.74 Å². The molecule has 0 N–H and O–H groups in total. The predicted octanol–water partition coefficient (Wildman–Crippen LogP) is 1.70. The van der Waals surface area contributed by atoms with Crippen molar-refractivity contribution < 1.29 is 9.53 Å². The fraction of sp³-hybridized carbons (Fsp3) is 0.667. The van der Waals surface area contributed by atoms with Gasteiger partial charge in [-0.1, -0.05) is 6.08 Å². The van der Waals surface area contributed by atoms with Gasteiger partial charge < -0.3 is 4.74 Å². The van der Waals surface area contributed by atoms with Crippen molar-refractivity contribution in [1.82, 2.24) is 0 Å². The standard InChI is InChI=1S/C9H14O2/c1-2-5-8(10)9-6-3-4-7-11-9/h2,9H,1,3-7H2. The van der Waals surface area contributed by atoms with E-state index in [1.807, 2.05) is 0 Å². The number of hydrogen-bond acceptors (Lipinski definition) is 2. The van der Waals surface area contributed by atoms with E-state index in [2.05, 4.69) is 6.58 Å². The molecule has 0 amide bonds. The van der Waals surface area contributed by atoms with Gasteiger partial charge >= 0.3 is 0 Å².